The Bertz CT molecular complexity index is 373. The van der Waals surface area contributed by atoms with Crippen LogP contribution in [0.15, 0.2) is 22.7 Å². The molecule has 3 heteroatoms. The van der Waals surface area contributed by atoms with Crippen LogP contribution in [0, 0.1) is 6.92 Å². The van der Waals surface area contributed by atoms with Crippen molar-refractivity contribution in [3.8, 4) is 0 Å². The highest BCUT2D eigenvalue weighted by Crippen LogP contribution is 2.19. The van der Waals surface area contributed by atoms with E-state index >= 15 is 0 Å². The van der Waals surface area contributed by atoms with Gasteiger partial charge in [-0.15, -0.1) is 0 Å². The zero-order chi connectivity index (χ0) is 12.8. The van der Waals surface area contributed by atoms with Gasteiger partial charge in [0.15, 0.2) is 0 Å². The number of likely N-dealkylation sites (tertiary alicyclic amines) is 1. The summed E-state index contributed by atoms with van der Waals surface area (Å²) in [7, 11) is 0. The lowest BCUT2D eigenvalue weighted by Crippen LogP contribution is -2.35. The minimum Gasteiger partial charge on any atom is -0.311 e. The molecule has 2 rings (SSSR count). The third-order valence-electron chi connectivity index (χ3n) is 3.75. The fourth-order valence-corrected chi connectivity index (χ4v) is 2.89. The Balaban J connectivity index is 1.70. The van der Waals surface area contributed by atoms with Gasteiger partial charge in [-0.3, -0.25) is 0 Å². The normalized spacial score (nSPS) is 17.0. The Kier molecular flexibility index (Phi) is 5.67. The molecule has 18 heavy (non-hydrogen) atoms. The standard InChI is InChI=1S/C15H23BrN2/c1-13-14(6-5-7-15(13)16)12-17-8-11-18-9-3-2-4-10-18/h5-7,17H,2-4,8-12H2,1H3. The van der Waals surface area contributed by atoms with Gasteiger partial charge in [0, 0.05) is 24.1 Å². The van der Waals surface area contributed by atoms with Gasteiger partial charge in [-0.1, -0.05) is 34.5 Å². The molecule has 0 amide bonds. The molecule has 2 nitrogen and oxygen atoms in total. The van der Waals surface area contributed by atoms with Gasteiger partial charge in [0.05, 0.1) is 0 Å². The Morgan fingerprint density at radius 1 is 1.22 bits per heavy atom. The number of hydrogen-bond donors (Lipinski definition) is 1. The minimum atomic E-state index is 0.971. The van der Waals surface area contributed by atoms with Crippen molar-refractivity contribution in [3.05, 3.63) is 33.8 Å². The van der Waals surface area contributed by atoms with Crippen molar-refractivity contribution >= 4 is 15.9 Å². The van der Waals surface area contributed by atoms with Crippen LogP contribution in [-0.4, -0.2) is 31.1 Å². The van der Waals surface area contributed by atoms with E-state index in [-0.39, 0.29) is 0 Å². The second kappa shape index (κ2) is 7.27. The molecular weight excluding hydrogens is 288 g/mol. The van der Waals surface area contributed by atoms with E-state index in [2.05, 4.69) is 51.3 Å². The molecule has 0 aromatic heterocycles. The van der Waals surface area contributed by atoms with Crippen LogP contribution in [0.3, 0.4) is 0 Å². The molecule has 0 radical (unpaired) electrons. The van der Waals surface area contributed by atoms with E-state index in [1.807, 2.05) is 0 Å². The van der Waals surface area contributed by atoms with E-state index in [9.17, 15) is 0 Å². The van der Waals surface area contributed by atoms with Crippen molar-refractivity contribution in [2.24, 2.45) is 0 Å². The summed E-state index contributed by atoms with van der Waals surface area (Å²) in [5.74, 6) is 0. The zero-order valence-electron chi connectivity index (χ0n) is 11.2. The van der Waals surface area contributed by atoms with Crippen molar-refractivity contribution in [2.45, 2.75) is 32.7 Å². The molecule has 0 atom stereocenters. The van der Waals surface area contributed by atoms with Gasteiger partial charge in [0.1, 0.15) is 0 Å². The summed E-state index contributed by atoms with van der Waals surface area (Å²) in [6.07, 6.45) is 4.18. The quantitative estimate of drug-likeness (QED) is 0.839. The molecular formula is C15H23BrN2. The lowest BCUT2D eigenvalue weighted by molar-refractivity contribution is 0.229. The van der Waals surface area contributed by atoms with E-state index in [4.69, 9.17) is 0 Å². The van der Waals surface area contributed by atoms with Gasteiger partial charge < -0.3 is 10.2 Å². The molecule has 1 aliphatic heterocycles. The van der Waals surface area contributed by atoms with Crippen molar-refractivity contribution in [1.29, 1.82) is 0 Å². The van der Waals surface area contributed by atoms with Crippen LogP contribution in [0.1, 0.15) is 30.4 Å². The highest BCUT2D eigenvalue weighted by molar-refractivity contribution is 9.10. The van der Waals surface area contributed by atoms with Crippen molar-refractivity contribution in [2.75, 3.05) is 26.2 Å². The number of rotatable bonds is 5. The van der Waals surface area contributed by atoms with Crippen LogP contribution in [0.5, 0.6) is 0 Å². The monoisotopic (exact) mass is 310 g/mol. The molecule has 0 unspecified atom stereocenters. The predicted molar refractivity (Wildman–Crippen MR) is 80.9 cm³/mol. The first-order chi connectivity index (χ1) is 8.77. The van der Waals surface area contributed by atoms with Crippen LogP contribution < -0.4 is 5.32 Å². The Hall–Kier alpha value is -0.380. The van der Waals surface area contributed by atoms with Crippen LogP contribution >= 0.6 is 15.9 Å². The maximum atomic E-state index is 3.58. The summed E-state index contributed by atoms with van der Waals surface area (Å²) < 4.78 is 1.21. The van der Waals surface area contributed by atoms with E-state index in [0.717, 1.165) is 13.1 Å². The number of benzene rings is 1. The highest BCUT2D eigenvalue weighted by Gasteiger charge is 2.08. The van der Waals surface area contributed by atoms with E-state index in [0.29, 0.717) is 0 Å². The van der Waals surface area contributed by atoms with Crippen molar-refractivity contribution < 1.29 is 0 Å². The summed E-state index contributed by atoms with van der Waals surface area (Å²) in [5.41, 5.74) is 2.74. The fourth-order valence-electron chi connectivity index (χ4n) is 2.49. The number of piperidine rings is 1. The lowest BCUT2D eigenvalue weighted by atomic mass is 10.1. The molecule has 0 aliphatic carbocycles. The summed E-state index contributed by atoms with van der Waals surface area (Å²) in [6.45, 7) is 8.00. The van der Waals surface area contributed by atoms with Gasteiger partial charge >= 0.3 is 0 Å². The molecule has 1 aromatic carbocycles. The van der Waals surface area contributed by atoms with Gasteiger partial charge in [-0.25, -0.2) is 0 Å². The first-order valence-corrected chi connectivity index (χ1v) is 7.74. The second-order valence-corrected chi connectivity index (χ2v) is 5.96. The molecule has 100 valence electrons. The van der Waals surface area contributed by atoms with Gasteiger partial charge in [0.2, 0.25) is 0 Å². The molecule has 1 aliphatic rings. The van der Waals surface area contributed by atoms with Crippen molar-refractivity contribution in [1.82, 2.24) is 10.2 Å². The van der Waals surface area contributed by atoms with Crippen LogP contribution in [-0.2, 0) is 6.54 Å². The summed E-state index contributed by atoms with van der Waals surface area (Å²) in [4.78, 5) is 2.57. The number of halogens is 1. The molecule has 1 fully saturated rings. The first-order valence-electron chi connectivity index (χ1n) is 6.94. The third kappa shape index (κ3) is 4.08. The largest absolute Gasteiger partial charge is 0.311 e. The fraction of sp³-hybridized carbons (Fsp3) is 0.600. The van der Waals surface area contributed by atoms with Gasteiger partial charge in [0.25, 0.3) is 0 Å². The molecule has 1 aromatic rings. The van der Waals surface area contributed by atoms with Crippen LogP contribution in [0.25, 0.3) is 0 Å². The highest BCUT2D eigenvalue weighted by atomic mass is 79.9. The smallest absolute Gasteiger partial charge is 0.0209 e. The zero-order valence-corrected chi connectivity index (χ0v) is 12.8. The van der Waals surface area contributed by atoms with Gasteiger partial charge in [-0.05, 0) is 50.0 Å². The third-order valence-corrected chi connectivity index (χ3v) is 4.61. The number of hydrogen-bond acceptors (Lipinski definition) is 2. The lowest BCUT2D eigenvalue weighted by Gasteiger charge is -2.26. The Morgan fingerprint density at radius 2 is 2.00 bits per heavy atom. The Morgan fingerprint density at radius 3 is 2.78 bits per heavy atom. The van der Waals surface area contributed by atoms with E-state index < -0.39 is 0 Å². The average molecular weight is 311 g/mol. The van der Waals surface area contributed by atoms with Gasteiger partial charge in [-0.2, -0.15) is 0 Å². The topological polar surface area (TPSA) is 15.3 Å². The molecule has 1 saturated heterocycles. The van der Waals surface area contributed by atoms with Crippen molar-refractivity contribution in [3.63, 3.8) is 0 Å². The Labute approximate surface area is 119 Å². The summed E-state index contributed by atoms with van der Waals surface area (Å²) >= 11 is 3.58. The molecule has 1 N–H and O–H groups in total. The number of nitrogens with one attached hydrogen (secondary N) is 1. The van der Waals surface area contributed by atoms with Crippen LogP contribution in [0.2, 0.25) is 0 Å². The maximum Gasteiger partial charge on any atom is 0.0209 e. The molecule has 0 bridgehead atoms. The SMILES string of the molecule is Cc1c(Br)cccc1CNCCN1CCCCC1. The van der Waals surface area contributed by atoms with E-state index in [1.54, 1.807) is 0 Å². The molecule has 1 heterocycles. The summed E-state index contributed by atoms with van der Waals surface area (Å²) in [5, 5.41) is 3.55. The summed E-state index contributed by atoms with van der Waals surface area (Å²) in [6, 6.07) is 6.42. The predicted octanol–water partition coefficient (Wildman–Crippen LogP) is 3.33. The minimum absolute atomic E-state index is 0.971. The second-order valence-electron chi connectivity index (χ2n) is 5.10. The number of nitrogens with zero attached hydrogens (tertiary/aromatic N) is 1. The van der Waals surface area contributed by atoms with E-state index in [1.165, 1.54) is 54.5 Å². The maximum absolute atomic E-state index is 3.58. The first kappa shape index (κ1) is 14.0. The van der Waals surface area contributed by atoms with Crippen LogP contribution in [0.4, 0.5) is 0 Å². The molecule has 0 saturated carbocycles. The average Bonchev–Trinajstić information content (AvgIpc) is 2.40. The molecule has 0 spiro atoms.